The molecule has 2 aliphatic heterocycles. The fourth-order valence-corrected chi connectivity index (χ4v) is 8.12. The van der Waals surface area contributed by atoms with E-state index >= 15 is 0 Å². The third-order valence-corrected chi connectivity index (χ3v) is 9.07. The predicted octanol–water partition coefficient (Wildman–Crippen LogP) is 4.63. The Balaban J connectivity index is 1.40. The fraction of sp³-hybridized carbons (Fsp3) is 0.231. The van der Waals surface area contributed by atoms with Crippen molar-refractivity contribution in [3.8, 4) is 11.5 Å². The van der Waals surface area contributed by atoms with Crippen molar-refractivity contribution < 1.29 is 17.9 Å². The minimum atomic E-state index is -3.13. The molecule has 0 unspecified atom stereocenters. The number of sulfone groups is 1. The third-order valence-electron chi connectivity index (χ3n) is 5.86. The van der Waals surface area contributed by atoms with Crippen molar-refractivity contribution in [1.29, 1.82) is 0 Å². The minimum Gasteiger partial charge on any atom is -0.457 e. The highest BCUT2D eigenvalue weighted by molar-refractivity contribution is 8.16. The van der Waals surface area contributed by atoms with Crippen LogP contribution in [0.3, 0.4) is 0 Å². The van der Waals surface area contributed by atoms with Crippen molar-refractivity contribution >= 4 is 38.4 Å². The van der Waals surface area contributed by atoms with Gasteiger partial charge in [-0.2, -0.15) is 4.99 Å². The maximum absolute atomic E-state index is 12.8. The van der Waals surface area contributed by atoms with Crippen LogP contribution in [0.2, 0.25) is 0 Å². The molecule has 6 nitrogen and oxygen atoms in total. The molecule has 2 fully saturated rings. The molecule has 2 atom stereocenters. The molecule has 0 N–H and O–H groups in total. The van der Waals surface area contributed by atoms with Gasteiger partial charge in [-0.05, 0) is 48.9 Å². The Bertz CT molecular complexity index is 1320. The van der Waals surface area contributed by atoms with E-state index < -0.39 is 9.84 Å². The van der Waals surface area contributed by atoms with Crippen molar-refractivity contribution in [2.24, 2.45) is 4.99 Å². The summed E-state index contributed by atoms with van der Waals surface area (Å²) < 4.78 is 30.5. The topological polar surface area (TPSA) is 76.0 Å². The predicted molar refractivity (Wildman–Crippen MR) is 137 cm³/mol. The van der Waals surface area contributed by atoms with Gasteiger partial charge in [-0.15, -0.1) is 0 Å². The van der Waals surface area contributed by atoms with Gasteiger partial charge in [-0.3, -0.25) is 4.79 Å². The smallest absolute Gasteiger partial charge is 0.252 e. The Hall–Kier alpha value is -3.10. The van der Waals surface area contributed by atoms with Crippen molar-refractivity contribution in [2.45, 2.75) is 24.6 Å². The molecule has 0 aromatic heterocycles. The number of hydrogen-bond acceptors (Lipinski definition) is 5. The van der Waals surface area contributed by atoms with E-state index in [1.807, 2.05) is 90.7 Å². The van der Waals surface area contributed by atoms with E-state index in [1.165, 1.54) is 11.8 Å². The summed E-state index contributed by atoms with van der Waals surface area (Å²) in [6.07, 6.45) is 0.204. The molecule has 174 valence electrons. The fourth-order valence-electron chi connectivity index (χ4n) is 4.19. The quantitative estimate of drug-likeness (QED) is 0.517. The molecule has 34 heavy (non-hydrogen) atoms. The van der Waals surface area contributed by atoms with Crippen LogP contribution >= 0.6 is 11.8 Å². The van der Waals surface area contributed by atoms with Crippen molar-refractivity contribution in [1.82, 2.24) is 0 Å². The number of thioether (sulfide) groups is 1. The van der Waals surface area contributed by atoms with Crippen LogP contribution in [0.15, 0.2) is 83.9 Å². The summed E-state index contributed by atoms with van der Waals surface area (Å²) in [4.78, 5) is 19.1. The molecule has 3 aromatic rings. The van der Waals surface area contributed by atoms with E-state index in [0.29, 0.717) is 10.9 Å². The van der Waals surface area contributed by atoms with E-state index in [1.54, 1.807) is 0 Å². The number of benzene rings is 3. The molecule has 0 saturated carbocycles. The normalized spacial score (nSPS) is 22.0. The number of aliphatic imine (C=N–C) groups is 1. The number of anilines is 1. The van der Waals surface area contributed by atoms with Crippen LogP contribution in [-0.4, -0.2) is 42.3 Å². The zero-order chi connectivity index (χ0) is 23.7. The molecule has 1 amide bonds. The summed E-state index contributed by atoms with van der Waals surface area (Å²) in [5.74, 6) is 1.31. The van der Waals surface area contributed by atoms with E-state index in [0.717, 1.165) is 22.6 Å². The number of nitrogens with zero attached hydrogens (tertiary/aromatic N) is 2. The van der Waals surface area contributed by atoms with Gasteiger partial charge in [0.05, 0.1) is 24.0 Å². The summed E-state index contributed by atoms with van der Waals surface area (Å²) in [7, 11) is -3.13. The molecular formula is C26H24N2O4S2. The highest BCUT2D eigenvalue weighted by Crippen LogP contribution is 2.41. The number of para-hydroxylation sites is 1. The van der Waals surface area contributed by atoms with E-state index in [2.05, 4.69) is 4.99 Å². The molecule has 3 aromatic carbocycles. The second-order valence-corrected chi connectivity index (χ2v) is 11.9. The lowest BCUT2D eigenvalue weighted by molar-refractivity contribution is -0.117. The maximum Gasteiger partial charge on any atom is 0.252 e. The minimum absolute atomic E-state index is 0.0537. The first-order valence-corrected chi connectivity index (χ1v) is 13.7. The zero-order valence-corrected chi connectivity index (χ0v) is 20.3. The van der Waals surface area contributed by atoms with E-state index in [9.17, 15) is 13.2 Å². The number of ether oxygens (including phenoxy) is 1. The Morgan fingerprint density at radius 2 is 1.65 bits per heavy atom. The van der Waals surface area contributed by atoms with Crippen LogP contribution in [0.5, 0.6) is 11.5 Å². The molecule has 5 rings (SSSR count). The van der Waals surface area contributed by atoms with Crippen molar-refractivity contribution in [2.75, 3.05) is 16.4 Å². The first-order valence-electron chi connectivity index (χ1n) is 11.0. The molecular weight excluding hydrogens is 468 g/mol. The van der Waals surface area contributed by atoms with Gasteiger partial charge in [0.25, 0.3) is 5.91 Å². The number of hydrogen-bond donors (Lipinski definition) is 0. The molecule has 0 spiro atoms. The van der Waals surface area contributed by atoms with Gasteiger partial charge >= 0.3 is 0 Å². The number of carbonyl (C=O) groups excluding carboxylic acids is 1. The number of aryl methyl sites for hydroxylation is 1. The molecule has 2 heterocycles. The van der Waals surface area contributed by atoms with Gasteiger partial charge in [0.1, 0.15) is 11.5 Å². The average molecular weight is 493 g/mol. The molecule has 8 heteroatoms. The first kappa shape index (κ1) is 22.7. The Labute approximate surface area is 203 Å². The molecule has 0 bridgehead atoms. The SMILES string of the molecule is Cc1ccc(CC(=O)N=C2S[C@@H]3CS(=O)(=O)C[C@H]3N2c2ccc(Oc3ccccc3)cc2)cc1. The molecule has 2 aliphatic rings. The van der Waals surface area contributed by atoms with Gasteiger partial charge in [0.15, 0.2) is 15.0 Å². The van der Waals surface area contributed by atoms with Gasteiger partial charge < -0.3 is 9.64 Å². The lowest BCUT2D eigenvalue weighted by atomic mass is 10.1. The maximum atomic E-state index is 12.8. The van der Waals surface area contributed by atoms with Crippen molar-refractivity contribution in [3.63, 3.8) is 0 Å². The monoisotopic (exact) mass is 492 g/mol. The molecule has 2 saturated heterocycles. The third kappa shape index (κ3) is 5.03. The zero-order valence-electron chi connectivity index (χ0n) is 18.6. The van der Waals surface area contributed by atoms with Crippen LogP contribution in [0, 0.1) is 6.92 Å². The van der Waals surface area contributed by atoms with Crippen LogP contribution in [0.4, 0.5) is 5.69 Å². The lowest BCUT2D eigenvalue weighted by Crippen LogP contribution is -2.37. The standard InChI is InChI=1S/C26H24N2O4S2/c1-18-7-9-19(10-8-18)15-25(29)27-26-28(23-16-34(30,31)17-24(23)33-26)20-11-13-22(14-12-20)32-21-5-3-2-4-6-21/h2-14,23-24H,15-17H2,1H3/t23-,24-/m1/s1. The van der Waals surface area contributed by atoms with Gasteiger partial charge in [-0.25, -0.2) is 8.42 Å². The van der Waals surface area contributed by atoms with E-state index in [-0.39, 0.29) is 35.1 Å². The number of fused-ring (bicyclic) bond motifs is 1. The first-order chi connectivity index (χ1) is 16.4. The second kappa shape index (κ2) is 9.27. The number of rotatable bonds is 5. The summed E-state index contributed by atoms with van der Waals surface area (Å²) in [5.41, 5.74) is 2.83. The summed E-state index contributed by atoms with van der Waals surface area (Å²) in [6.45, 7) is 2.00. The Morgan fingerprint density at radius 1 is 0.971 bits per heavy atom. The van der Waals surface area contributed by atoms with Crippen LogP contribution < -0.4 is 9.64 Å². The summed E-state index contributed by atoms with van der Waals surface area (Å²) in [6, 6.07) is 24.5. The van der Waals surface area contributed by atoms with E-state index in [4.69, 9.17) is 4.74 Å². The number of carbonyl (C=O) groups is 1. The Morgan fingerprint density at radius 3 is 2.35 bits per heavy atom. The number of amidine groups is 1. The highest BCUT2D eigenvalue weighted by Gasteiger charge is 2.49. The summed E-state index contributed by atoms with van der Waals surface area (Å²) >= 11 is 1.38. The van der Waals surface area contributed by atoms with Gasteiger partial charge in [-0.1, -0.05) is 59.8 Å². The largest absolute Gasteiger partial charge is 0.457 e. The number of amides is 1. The molecule has 0 aliphatic carbocycles. The molecule has 0 radical (unpaired) electrons. The average Bonchev–Trinajstić information content (AvgIpc) is 3.27. The second-order valence-electron chi connectivity index (χ2n) is 8.53. The van der Waals surface area contributed by atoms with Crippen LogP contribution in [-0.2, 0) is 21.1 Å². The van der Waals surface area contributed by atoms with Crippen molar-refractivity contribution in [3.05, 3.63) is 90.0 Å². The summed E-state index contributed by atoms with van der Waals surface area (Å²) in [5, 5.41) is 0.412. The Kier molecular flexibility index (Phi) is 6.18. The van der Waals surface area contributed by atoms with Gasteiger partial charge in [0.2, 0.25) is 0 Å². The highest BCUT2D eigenvalue weighted by atomic mass is 32.2. The lowest BCUT2D eigenvalue weighted by Gasteiger charge is -2.24. The van der Waals surface area contributed by atoms with Gasteiger partial charge in [0, 0.05) is 10.9 Å². The van der Waals surface area contributed by atoms with Crippen LogP contribution in [0.25, 0.3) is 0 Å². The van der Waals surface area contributed by atoms with Crippen LogP contribution in [0.1, 0.15) is 11.1 Å².